The predicted octanol–water partition coefficient (Wildman–Crippen LogP) is 4.23. The summed E-state index contributed by atoms with van der Waals surface area (Å²) in [4.78, 5) is 8.25. The highest BCUT2D eigenvalue weighted by molar-refractivity contribution is 5.08. The number of piperidine rings is 2. The monoisotopic (exact) mass is 361 g/mol. The fourth-order valence-corrected chi connectivity index (χ4v) is 6.30. The van der Waals surface area contributed by atoms with E-state index in [4.69, 9.17) is 0 Å². The van der Waals surface area contributed by atoms with Crippen LogP contribution in [0.4, 0.5) is 0 Å². The Morgan fingerprint density at radius 3 is 1.38 bits per heavy atom. The van der Waals surface area contributed by atoms with Gasteiger partial charge in [-0.2, -0.15) is 0 Å². The number of likely N-dealkylation sites (tertiary alicyclic amines) is 3. The molecule has 3 nitrogen and oxygen atoms in total. The Morgan fingerprint density at radius 1 is 0.615 bits per heavy atom. The molecule has 1 saturated carbocycles. The second-order valence-corrected chi connectivity index (χ2v) is 12.3. The van der Waals surface area contributed by atoms with Gasteiger partial charge in [0.1, 0.15) is 0 Å². The van der Waals surface area contributed by atoms with E-state index in [0.29, 0.717) is 21.9 Å². The van der Waals surface area contributed by atoms with Gasteiger partial charge in [0.05, 0.1) is 0 Å². The van der Waals surface area contributed by atoms with Crippen LogP contribution in [-0.2, 0) is 0 Å². The molecule has 0 aromatic rings. The third-order valence-corrected chi connectivity index (χ3v) is 8.48. The average molecular weight is 362 g/mol. The van der Waals surface area contributed by atoms with Gasteiger partial charge in [-0.25, -0.2) is 0 Å². The molecule has 1 aliphatic carbocycles. The molecule has 3 saturated heterocycles. The predicted molar refractivity (Wildman–Crippen MR) is 111 cm³/mol. The van der Waals surface area contributed by atoms with Crippen LogP contribution in [-0.4, -0.2) is 71.1 Å². The van der Waals surface area contributed by atoms with Gasteiger partial charge in [0, 0.05) is 30.2 Å². The lowest BCUT2D eigenvalue weighted by Crippen LogP contribution is -2.67. The molecular weight excluding hydrogens is 318 g/mol. The molecule has 4 aliphatic rings. The lowest BCUT2D eigenvalue weighted by molar-refractivity contribution is -0.135. The quantitative estimate of drug-likeness (QED) is 0.692. The Morgan fingerprint density at radius 2 is 1.00 bits per heavy atom. The number of rotatable bonds is 1. The molecular formula is C23H43N3. The fraction of sp³-hybridized carbons (Fsp3) is 1.00. The van der Waals surface area contributed by atoms with Gasteiger partial charge >= 0.3 is 0 Å². The maximum atomic E-state index is 2.86. The fourth-order valence-electron chi connectivity index (χ4n) is 6.30. The SMILES string of the molecule is CC(C)(C)N1CCC2(CC1)CC(N1CC3(CCN(C(C)(C)C)CC3)C1)C2. The molecule has 0 bridgehead atoms. The molecule has 2 spiro atoms. The van der Waals surface area contributed by atoms with Crippen LogP contribution in [0.5, 0.6) is 0 Å². The molecule has 0 unspecified atom stereocenters. The van der Waals surface area contributed by atoms with Crippen molar-refractivity contribution in [1.82, 2.24) is 14.7 Å². The van der Waals surface area contributed by atoms with Gasteiger partial charge in [-0.05, 0) is 117 Å². The first-order chi connectivity index (χ1) is 12.0. The van der Waals surface area contributed by atoms with E-state index >= 15 is 0 Å². The normalized spacial score (nSPS) is 31.2. The lowest BCUT2D eigenvalue weighted by Gasteiger charge is -2.63. The van der Waals surface area contributed by atoms with Crippen molar-refractivity contribution in [3.8, 4) is 0 Å². The van der Waals surface area contributed by atoms with Gasteiger partial charge in [0.2, 0.25) is 0 Å². The van der Waals surface area contributed by atoms with E-state index in [-0.39, 0.29) is 0 Å². The molecule has 0 amide bonds. The summed E-state index contributed by atoms with van der Waals surface area (Å²) in [7, 11) is 0. The summed E-state index contributed by atoms with van der Waals surface area (Å²) in [5.41, 5.74) is 2.11. The van der Waals surface area contributed by atoms with Crippen LogP contribution in [0.25, 0.3) is 0 Å². The van der Waals surface area contributed by atoms with Crippen LogP contribution in [0.2, 0.25) is 0 Å². The zero-order valence-electron chi connectivity index (χ0n) is 18.4. The summed E-state index contributed by atoms with van der Waals surface area (Å²) in [6.07, 6.45) is 8.74. The van der Waals surface area contributed by atoms with Crippen LogP contribution in [0, 0.1) is 10.8 Å². The number of nitrogens with zero attached hydrogens (tertiary/aromatic N) is 3. The summed E-state index contributed by atoms with van der Waals surface area (Å²) in [6.45, 7) is 22.3. The third kappa shape index (κ3) is 3.49. The summed E-state index contributed by atoms with van der Waals surface area (Å²) in [5.74, 6) is 0. The van der Waals surface area contributed by atoms with Crippen LogP contribution in [0.15, 0.2) is 0 Å². The molecule has 150 valence electrons. The molecule has 4 rings (SSSR count). The minimum atomic E-state index is 0.354. The van der Waals surface area contributed by atoms with E-state index in [1.54, 1.807) is 0 Å². The van der Waals surface area contributed by atoms with Gasteiger partial charge in [-0.1, -0.05) is 0 Å². The lowest BCUT2D eigenvalue weighted by atomic mass is 9.58. The van der Waals surface area contributed by atoms with Gasteiger partial charge < -0.3 is 0 Å². The summed E-state index contributed by atoms with van der Waals surface area (Å²) in [5, 5.41) is 0. The standard InChI is InChI=1S/C23H43N3/c1-20(2,3)25-11-7-22(8-12-25)15-19(16-22)24-17-23(18-24)9-13-26(14-10-23)21(4,5)6/h19H,7-18H2,1-6H3. The van der Waals surface area contributed by atoms with Crippen molar-refractivity contribution in [3.63, 3.8) is 0 Å². The van der Waals surface area contributed by atoms with Crippen molar-refractivity contribution in [1.29, 1.82) is 0 Å². The van der Waals surface area contributed by atoms with Crippen molar-refractivity contribution in [2.75, 3.05) is 39.3 Å². The maximum Gasteiger partial charge on any atom is 0.0125 e. The van der Waals surface area contributed by atoms with Gasteiger partial charge in [0.25, 0.3) is 0 Å². The Hall–Kier alpha value is -0.120. The third-order valence-electron chi connectivity index (χ3n) is 8.48. The molecule has 4 fully saturated rings. The van der Waals surface area contributed by atoms with Crippen molar-refractivity contribution >= 4 is 0 Å². The molecule has 0 radical (unpaired) electrons. The minimum Gasteiger partial charge on any atom is -0.299 e. The first-order valence-corrected chi connectivity index (χ1v) is 11.2. The molecule has 26 heavy (non-hydrogen) atoms. The number of hydrogen-bond donors (Lipinski definition) is 0. The van der Waals surface area contributed by atoms with E-state index in [1.807, 2.05) is 0 Å². The second-order valence-electron chi connectivity index (χ2n) is 12.3. The van der Waals surface area contributed by atoms with E-state index < -0.39 is 0 Å². The van der Waals surface area contributed by atoms with Gasteiger partial charge in [0.15, 0.2) is 0 Å². The number of hydrogen-bond acceptors (Lipinski definition) is 3. The van der Waals surface area contributed by atoms with E-state index in [1.165, 1.54) is 77.8 Å². The summed E-state index contributed by atoms with van der Waals surface area (Å²) < 4.78 is 0. The van der Waals surface area contributed by atoms with Crippen LogP contribution in [0.1, 0.15) is 80.1 Å². The van der Waals surface area contributed by atoms with Crippen LogP contribution >= 0.6 is 0 Å². The topological polar surface area (TPSA) is 9.72 Å². The Balaban J connectivity index is 1.21. The molecule has 0 N–H and O–H groups in total. The Labute approximate surface area is 162 Å². The van der Waals surface area contributed by atoms with Gasteiger partial charge in [-0.15, -0.1) is 0 Å². The largest absolute Gasteiger partial charge is 0.299 e. The molecule has 3 heterocycles. The molecule has 0 aromatic carbocycles. The zero-order chi connectivity index (χ0) is 18.8. The van der Waals surface area contributed by atoms with Crippen LogP contribution < -0.4 is 0 Å². The van der Waals surface area contributed by atoms with Crippen molar-refractivity contribution in [2.24, 2.45) is 10.8 Å². The van der Waals surface area contributed by atoms with E-state index in [9.17, 15) is 0 Å². The Kier molecular flexibility index (Phi) is 4.57. The first-order valence-electron chi connectivity index (χ1n) is 11.2. The molecule has 0 aromatic heterocycles. The van der Waals surface area contributed by atoms with Crippen LogP contribution in [0.3, 0.4) is 0 Å². The highest BCUT2D eigenvalue weighted by Crippen LogP contribution is 2.54. The zero-order valence-corrected chi connectivity index (χ0v) is 18.4. The molecule has 0 atom stereocenters. The van der Waals surface area contributed by atoms with Crippen molar-refractivity contribution in [2.45, 2.75) is 97.2 Å². The van der Waals surface area contributed by atoms with Crippen molar-refractivity contribution in [3.05, 3.63) is 0 Å². The second kappa shape index (κ2) is 6.19. The maximum absolute atomic E-state index is 2.86. The smallest absolute Gasteiger partial charge is 0.0125 e. The highest BCUT2D eigenvalue weighted by atomic mass is 15.3. The van der Waals surface area contributed by atoms with Crippen molar-refractivity contribution < 1.29 is 0 Å². The van der Waals surface area contributed by atoms with Gasteiger partial charge in [-0.3, -0.25) is 14.7 Å². The molecule has 3 aliphatic heterocycles. The summed E-state index contributed by atoms with van der Waals surface area (Å²) >= 11 is 0. The van der Waals surface area contributed by atoms with E-state index in [0.717, 1.165) is 6.04 Å². The van der Waals surface area contributed by atoms with E-state index in [2.05, 4.69) is 56.2 Å². The average Bonchev–Trinajstić information content (AvgIpc) is 2.49. The summed E-state index contributed by atoms with van der Waals surface area (Å²) in [6, 6.07) is 0.919. The highest BCUT2D eigenvalue weighted by Gasteiger charge is 2.54. The Bertz CT molecular complexity index is 447. The first kappa shape index (κ1) is 19.2. The minimum absolute atomic E-state index is 0.354. The molecule has 3 heteroatoms.